The van der Waals surface area contributed by atoms with Crippen LogP contribution in [-0.4, -0.2) is 31.3 Å². The Morgan fingerprint density at radius 2 is 1.73 bits per heavy atom. The lowest BCUT2D eigenvalue weighted by Crippen LogP contribution is -2.27. The Hall–Kier alpha value is -1.69. The molecule has 2 N–H and O–H groups in total. The van der Waals surface area contributed by atoms with Gasteiger partial charge >= 0.3 is 0 Å². The fourth-order valence-electron chi connectivity index (χ4n) is 2.55. The zero-order valence-corrected chi connectivity index (χ0v) is 13.5. The van der Waals surface area contributed by atoms with Gasteiger partial charge in [-0.15, -0.1) is 0 Å². The quantitative estimate of drug-likeness (QED) is 0.801. The van der Waals surface area contributed by atoms with Gasteiger partial charge in [0.05, 0.1) is 35.3 Å². The van der Waals surface area contributed by atoms with Crippen molar-refractivity contribution in [3.05, 3.63) is 54.6 Å². The fourth-order valence-corrected chi connectivity index (χ4v) is 3.63. The number of fused-ring (bicyclic) bond motifs is 1. The first-order chi connectivity index (χ1) is 10.8. The highest BCUT2D eigenvalue weighted by Crippen LogP contribution is 2.48. The molecule has 22 heavy (non-hydrogen) atoms. The van der Waals surface area contributed by atoms with Crippen LogP contribution in [0.25, 0.3) is 0 Å². The van der Waals surface area contributed by atoms with Gasteiger partial charge < -0.3 is 10.4 Å². The monoisotopic (exact) mass is 314 g/mol. The van der Waals surface area contributed by atoms with Crippen molar-refractivity contribution in [2.75, 3.05) is 28.7 Å². The highest BCUT2D eigenvalue weighted by Gasteiger charge is 2.28. The van der Waals surface area contributed by atoms with E-state index in [1.165, 1.54) is 17.1 Å². The molecule has 0 saturated heterocycles. The molecular weight excluding hydrogens is 293 g/mol. The lowest BCUT2D eigenvalue weighted by Gasteiger charge is -2.20. The summed E-state index contributed by atoms with van der Waals surface area (Å²) in [6.45, 7) is 1.44. The van der Waals surface area contributed by atoms with Gasteiger partial charge in [-0.1, -0.05) is 30.3 Å². The second-order valence-corrected chi connectivity index (χ2v) is 6.27. The van der Waals surface area contributed by atoms with Crippen LogP contribution in [-0.2, 0) is 0 Å². The van der Waals surface area contributed by atoms with Crippen LogP contribution in [0.1, 0.15) is 6.42 Å². The molecule has 5 heteroatoms. The number of nitrogens with zero attached hydrogens (tertiary/aromatic N) is 2. The summed E-state index contributed by atoms with van der Waals surface area (Å²) in [6.07, 6.45) is 0.425. The Kier molecular flexibility index (Phi) is 4.87. The van der Waals surface area contributed by atoms with Crippen molar-refractivity contribution in [3.8, 4) is 0 Å². The maximum Gasteiger partial charge on any atom is 0.0784 e. The summed E-state index contributed by atoms with van der Waals surface area (Å²) >= 11 is 1.69. The van der Waals surface area contributed by atoms with Crippen LogP contribution in [0.2, 0.25) is 0 Å². The molecule has 0 fully saturated rings. The van der Waals surface area contributed by atoms with Gasteiger partial charge in [0.25, 0.3) is 0 Å². The average molecular weight is 314 g/mol. The van der Waals surface area contributed by atoms with Crippen LogP contribution < -0.4 is 13.9 Å². The van der Waals surface area contributed by atoms with Crippen molar-refractivity contribution in [3.63, 3.8) is 0 Å². The molecule has 3 rings (SSSR count). The summed E-state index contributed by atoms with van der Waals surface area (Å²) < 4.78 is 4.49. The van der Waals surface area contributed by atoms with E-state index in [4.69, 9.17) is 0 Å². The molecule has 0 radical (unpaired) electrons. The Labute approximate surface area is 136 Å². The van der Waals surface area contributed by atoms with Gasteiger partial charge in [-0.2, -0.15) is 0 Å². The number of aliphatic hydroxyl groups excluding tert-OH is 1. The minimum atomic E-state index is -0.316. The number of hydrogen-bond donors (Lipinski definition) is 2. The van der Waals surface area contributed by atoms with Crippen LogP contribution >= 0.6 is 12.1 Å². The molecule has 1 aliphatic rings. The summed E-state index contributed by atoms with van der Waals surface area (Å²) in [6, 6.07) is 18.8. The summed E-state index contributed by atoms with van der Waals surface area (Å²) in [7, 11) is 1.86. The molecule has 0 aliphatic carbocycles. The van der Waals surface area contributed by atoms with Crippen LogP contribution in [0.4, 0.5) is 17.1 Å². The Bertz CT molecular complexity index is 608. The normalized spacial score (nSPS) is 15.0. The van der Waals surface area contributed by atoms with E-state index in [0.717, 1.165) is 13.0 Å². The zero-order chi connectivity index (χ0) is 15.4. The summed E-state index contributed by atoms with van der Waals surface area (Å²) in [5.74, 6) is 0. The standard InChI is InChI=1S/C17H21N3OS/c1-18-13-15(21)11-12-19-16-9-5-6-10-17(16)20(22-19)14-7-3-2-4-8-14/h2-10,15,18,21H,11-13H2,1H3/t15-/m0/s1/i1-1. The maximum absolute atomic E-state index is 9.93. The van der Waals surface area contributed by atoms with E-state index in [9.17, 15) is 5.11 Å². The van der Waals surface area contributed by atoms with Gasteiger partial charge in [-0.05, 0) is 37.7 Å². The topological polar surface area (TPSA) is 38.7 Å². The summed E-state index contributed by atoms with van der Waals surface area (Å²) in [4.78, 5) is 0. The van der Waals surface area contributed by atoms with Gasteiger partial charge in [0.15, 0.2) is 0 Å². The third kappa shape index (κ3) is 3.21. The number of nitrogens with one attached hydrogen (secondary N) is 1. The van der Waals surface area contributed by atoms with Crippen LogP contribution in [0.5, 0.6) is 0 Å². The Morgan fingerprint density at radius 1 is 1.05 bits per heavy atom. The fraction of sp³-hybridized carbons (Fsp3) is 0.294. The van der Waals surface area contributed by atoms with Crippen molar-refractivity contribution in [2.24, 2.45) is 0 Å². The number of likely N-dealkylation sites (N-methyl/N-ethyl adjacent to an activating group) is 1. The van der Waals surface area contributed by atoms with Gasteiger partial charge in [0.2, 0.25) is 0 Å². The minimum absolute atomic E-state index is 0.316. The number of aliphatic hydroxyl groups is 1. The molecule has 2 aromatic carbocycles. The molecule has 0 bridgehead atoms. The number of benzene rings is 2. The lowest BCUT2D eigenvalue weighted by molar-refractivity contribution is 0.167. The van der Waals surface area contributed by atoms with Crippen molar-refractivity contribution in [2.45, 2.75) is 12.5 Å². The molecule has 0 spiro atoms. The van der Waals surface area contributed by atoms with Gasteiger partial charge in [-0.25, -0.2) is 0 Å². The van der Waals surface area contributed by atoms with Crippen molar-refractivity contribution < 1.29 is 5.11 Å². The summed E-state index contributed by atoms with van der Waals surface area (Å²) in [5.41, 5.74) is 3.56. The highest BCUT2D eigenvalue weighted by atomic mass is 32.2. The molecule has 0 aromatic heterocycles. The molecule has 4 nitrogen and oxygen atoms in total. The van der Waals surface area contributed by atoms with Crippen LogP contribution in [0, 0.1) is 0 Å². The van der Waals surface area contributed by atoms with E-state index in [2.05, 4.69) is 62.5 Å². The van der Waals surface area contributed by atoms with Crippen molar-refractivity contribution in [1.29, 1.82) is 0 Å². The zero-order valence-electron chi connectivity index (χ0n) is 12.6. The first-order valence-electron chi connectivity index (χ1n) is 7.52. The maximum atomic E-state index is 9.93. The Morgan fingerprint density at radius 3 is 2.45 bits per heavy atom. The number of hydrogen-bond acceptors (Lipinski definition) is 5. The highest BCUT2D eigenvalue weighted by molar-refractivity contribution is 8.02. The smallest absolute Gasteiger partial charge is 0.0784 e. The summed E-state index contributed by atoms with van der Waals surface area (Å²) in [5, 5.41) is 12.9. The molecule has 1 atom stereocenters. The molecule has 2 aromatic rings. The number of anilines is 3. The van der Waals surface area contributed by atoms with E-state index in [-0.39, 0.29) is 6.10 Å². The molecule has 0 unspecified atom stereocenters. The number of para-hydroxylation sites is 3. The predicted octanol–water partition coefficient (Wildman–Crippen LogP) is 3.18. The van der Waals surface area contributed by atoms with Crippen LogP contribution in [0.15, 0.2) is 54.6 Å². The van der Waals surface area contributed by atoms with Gasteiger partial charge in [0, 0.05) is 13.1 Å². The predicted molar refractivity (Wildman–Crippen MR) is 94.5 cm³/mol. The largest absolute Gasteiger partial charge is 0.392 e. The second kappa shape index (κ2) is 7.05. The molecule has 1 aliphatic heterocycles. The second-order valence-electron chi connectivity index (χ2n) is 5.30. The Balaban J connectivity index is 1.77. The van der Waals surface area contributed by atoms with E-state index in [1.54, 1.807) is 12.1 Å². The van der Waals surface area contributed by atoms with E-state index < -0.39 is 0 Å². The third-order valence-corrected chi connectivity index (χ3v) is 4.79. The molecule has 0 amide bonds. The van der Waals surface area contributed by atoms with Crippen LogP contribution in [0.3, 0.4) is 0 Å². The average Bonchev–Trinajstić information content (AvgIpc) is 2.93. The molecule has 1 heterocycles. The first-order valence-corrected chi connectivity index (χ1v) is 8.25. The van der Waals surface area contributed by atoms with Gasteiger partial charge in [-0.3, -0.25) is 8.61 Å². The van der Waals surface area contributed by atoms with Gasteiger partial charge in [0.1, 0.15) is 0 Å². The SMILES string of the molecule is [11CH3]NC[C@@H](O)CCN1SN(c2ccccc2)c2ccccc21. The molecule has 116 valence electrons. The molecule has 0 saturated carbocycles. The molecular formula is C17H21N3OS. The first kappa shape index (κ1) is 15.2. The minimum Gasteiger partial charge on any atom is -0.392 e. The number of rotatable bonds is 6. The van der Waals surface area contributed by atoms with E-state index >= 15 is 0 Å². The van der Waals surface area contributed by atoms with Crippen molar-refractivity contribution in [1.82, 2.24) is 5.32 Å². The van der Waals surface area contributed by atoms with E-state index in [1.807, 2.05) is 13.1 Å². The van der Waals surface area contributed by atoms with Crippen molar-refractivity contribution >= 4 is 29.2 Å². The lowest BCUT2D eigenvalue weighted by atomic mass is 10.2. The third-order valence-electron chi connectivity index (χ3n) is 3.65. The van der Waals surface area contributed by atoms with E-state index in [0.29, 0.717) is 6.54 Å².